The van der Waals surface area contributed by atoms with Gasteiger partial charge < -0.3 is 10.5 Å². The Morgan fingerprint density at radius 3 is 2.60 bits per heavy atom. The fourth-order valence-corrected chi connectivity index (χ4v) is 4.48. The molecule has 0 saturated carbocycles. The number of benzene rings is 1. The molecule has 6 nitrogen and oxygen atoms in total. The lowest BCUT2D eigenvalue weighted by molar-refractivity contribution is -0.132. The zero-order valence-electron chi connectivity index (χ0n) is 17.4. The number of sulfonamides is 1. The summed E-state index contributed by atoms with van der Waals surface area (Å²) in [6, 6.07) is 6.95. The summed E-state index contributed by atoms with van der Waals surface area (Å²) in [5.41, 5.74) is 6.35. The van der Waals surface area contributed by atoms with Gasteiger partial charge in [-0.2, -0.15) is 8.78 Å². The second-order valence-electron chi connectivity index (χ2n) is 6.49. The van der Waals surface area contributed by atoms with Crippen molar-refractivity contribution in [2.24, 2.45) is 10.7 Å². The molecule has 166 valence electrons. The first-order chi connectivity index (χ1) is 13.8. The molecule has 2 atom stereocenters. The topological polar surface area (TPSA) is 93.8 Å². The minimum absolute atomic E-state index is 0.00331. The summed E-state index contributed by atoms with van der Waals surface area (Å²) in [5.74, 6) is -3.85. The van der Waals surface area contributed by atoms with Crippen LogP contribution in [0.5, 0.6) is 0 Å². The fraction of sp³-hybridized carbons (Fsp3) is 0.350. The third-order valence-electron chi connectivity index (χ3n) is 3.87. The number of rotatable bonds is 6. The quantitative estimate of drug-likeness (QED) is 0.381. The minimum atomic E-state index is -3.62. The van der Waals surface area contributed by atoms with Gasteiger partial charge in [0.25, 0.3) is 0 Å². The third kappa shape index (κ3) is 7.54. The molecular formula is C20H28F2N3O3PS. The Bertz CT molecular complexity index is 970. The Hall–Kier alpha value is -2.25. The summed E-state index contributed by atoms with van der Waals surface area (Å²) in [5, 5.41) is 0. The van der Waals surface area contributed by atoms with Crippen molar-refractivity contribution >= 4 is 30.8 Å². The van der Waals surface area contributed by atoms with Gasteiger partial charge in [-0.25, -0.2) is 13.4 Å². The highest BCUT2D eigenvalue weighted by molar-refractivity contribution is 7.90. The van der Waals surface area contributed by atoms with Crippen LogP contribution in [0.15, 0.2) is 59.8 Å². The number of nitrogens with zero attached hydrogens (tertiary/aromatic N) is 1. The molecule has 1 aliphatic heterocycles. The number of allylic oxidation sites excluding steroid dienone is 5. The van der Waals surface area contributed by atoms with Gasteiger partial charge in [-0.15, -0.1) is 0 Å². The molecule has 0 fully saturated rings. The van der Waals surface area contributed by atoms with Crippen LogP contribution in [0, 0.1) is 0 Å². The third-order valence-corrected chi connectivity index (χ3v) is 5.45. The summed E-state index contributed by atoms with van der Waals surface area (Å²) < 4.78 is 56.9. The number of guanidine groups is 1. The standard InChI is InChI=1S/C18H22F2N3O3PS.C2H6/c1-4-6-13(9-12(2)26-18(19,20)27)14-7-5-8-15(10-14)17(3)11-28(24,25)23-16(21)22-17;1-2/h4-10H,1,11,27H2,2-3H3,(H3,21,22,23);1-2H3/b12-9+,13-6+;/t17-;/m0./s1. The normalized spacial score (nSPS) is 21.5. The highest BCUT2D eigenvalue weighted by Gasteiger charge is 2.37. The monoisotopic (exact) mass is 459 g/mol. The summed E-state index contributed by atoms with van der Waals surface area (Å²) in [4.78, 5) is 4.26. The molecule has 2 rings (SSSR count). The lowest BCUT2D eigenvalue weighted by Crippen LogP contribution is -2.49. The number of aliphatic imine (C=N–C) groups is 1. The van der Waals surface area contributed by atoms with Crippen molar-refractivity contribution < 1.29 is 21.9 Å². The van der Waals surface area contributed by atoms with E-state index in [4.69, 9.17) is 5.73 Å². The predicted molar refractivity (Wildman–Crippen MR) is 121 cm³/mol. The fourth-order valence-electron chi connectivity index (χ4n) is 2.89. The molecule has 1 aromatic carbocycles. The van der Waals surface area contributed by atoms with E-state index in [9.17, 15) is 17.2 Å². The van der Waals surface area contributed by atoms with Gasteiger partial charge in [0.15, 0.2) is 0 Å². The highest BCUT2D eigenvalue weighted by Crippen LogP contribution is 2.32. The van der Waals surface area contributed by atoms with Crippen LogP contribution in [0.1, 0.15) is 38.8 Å². The number of hydrogen-bond donors (Lipinski definition) is 2. The van der Waals surface area contributed by atoms with Crippen molar-refractivity contribution in [3.05, 3.63) is 66.0 Å². The van der Waals surface area contributed by atoms with Gasteiger partial charge in [0, 0.05) is 0 Å². The van der Waals surface area contributed by atoms with Crippen LogP contribution in [0.3, 0.4) is 0 Å². The predicted octanol–water partition coefficient (Wildman–Crippen LogP) is 4.09. The second kappa shape index (κ2) is 10.2. The van der Waals surface area contributed by atoms with E-state index < -0.39 is 21.4 Å². The van der Waals surface area contributed by atoms with Gasteiger partial charge in [0.1, 0.15) is 11.3 Å². The number of nitrogens with two attached hydrogens (primary N) is 1. The summed E-state index contributed by atoms with van der Waals surface area (Å²) in [6.45, 7) is 10.7. The van der Waals surface area contributed by atoms with Crippen LogP contribution in [0.2, 0.25) is 0 Å². The van der Waals surface area contributed by atoms with Crippen molar-refractivity contribution in [1.82, 2.24) is 4.72 Å². The number of nitrogens with one attached hydrogen (secondary N) is 1. The molecule has 1 aliphatic rings. The molecule has 10 heteroatoms. The Kier molecular flexibility index (Phi) is 8.75. The molecule has 1 unspecified atom stereocenters. The molecule has 0 amide bonds. The van der Waals surface area contributed by atoms with Crippen molar-refractivity contribution in [3.8, 4) is 0 Å². The molecule has 0 saturated heterocycles. The van der Waals surface area contributed by atoms with Gasteiger partial charge in [0.05, 0.1) is 5.75 Å². The molecular weight excluding hydrogens is 431 g/mol. The van der Waals surface area contributed by atoms with E-state index in [1.54, 1.807) is 37.3 Å². The Labute approximate surface area is 179 Å². The zero-order valence-corrected chi connectivity index (χ0v) is 19.4. The molecule has 0 aromatic heterocycles. The summed E-state index contributed by atoms with van der Waals surface area (Å²) in [7, 11) is -2.32. The largest absolute Gasteiger partial charge is 0.435 e. The van der Waals surface area contributed by atoms with E-state index in [-0.39, 0.29) is 17.5 Å². The SMILES string of the molecule is C=C/C=C(\C=C(/C)OC(F)(F)P)c1cccc([C@]2(C)CS(=O)(=O)NC(N)=N2)c1.CC. The second-order valence-corrected chi connectivity index (χ2v) is 8.88. The smallest absolute Gasteiger partial charge is 0.408 e. The van der Waals surface area contributed by atoms with Crippen LogP contribution in [0.4, 0.5) is 8.78 Å². The minimum Gasteiger partial charge on any atom is -0.435 e. The molecule has 3 N–H and O–H groups in total. The van der Waals surface area contributed by atoms with Crippen LogP contribution in [0.25, 0.3) is 5.57 Å². The van der Waals surface area contributed by atoms with Gasteiger partial charge in [-0.1, -0.05) is 50.8 Å². The number of hydrogen-bond acceptors (Lipinski definition) is 5. The average molecular weight is 459 g/mol. The molecule has 30 heavy (non-hydrogen) atoms. The molecule has 1 heterocycles. The molecule has 0 aliphatic carbocycles. The summed E-state index contributed by atoms with van der Waals surface area (Å²) >= 11 is 0. The van der Waals surface area contributed by atoms with Crippen molar-refractivity contribution in [1.29, 1.82) is 0 Å². The van der Waals surface area contributed by atoms with Gasteiger partial charge >= 0.3 is 5.85 Å². The molecule has 0 spiro atoms. The first-order valence-corrected chi connectivity index (χ1v) is 11.4. The maximum atomic E-state index is 13.0. The summed E-state index contributed by atoms with van der Waals surface area (Å²) in [6.07, 6.45) is 4.58. The molecule has 1 aromatic rings. The van der Waals surface area contributed by atoms with Crippen LogP contribution >= 0.6 is 9.24 Å². The van der Waals surface area contributed by atoms with E-state index in [1.807, 2.05) is 13.8 Å². The van der Waals surface area contributed by atoms with Crippen LogP contribution in [-0.4, -0.2) is 26.0 Å². The first-order valence-electron chi connectivity index (χ1n) is 9.17. The van der Waals surface area contributed by atoms with Gasteiger partial charge in [-0.3, -0.25) is 4.72 Å². The number of ether oxygens (including phenoxy) is 1. The molecule has 0 radical (unpaired) electrons. The van der Waals surface area contributed by atoms with Crippen molar-refractivity contribution in [2.45, 2.75) is 39.1 Å². The van der Waals surface area contributed by atoms with Crippen LogP contribution in [-0.2, 0) is 20.3 Å². The van der Waals surface area contributed by atoms with Crippen molar-refractivity contribution in [3.63, 3.8) is 0 Å². The van der Waals surface area contributed by atoms with E-state index >= 15 is 0 Å². The number of alkyl halides is 2. The van der Waals surface area contributed by atoms with E-state index in [1.165, 1.54) is 28.3 Å². The maximum absolute atomic E-state index is 13.0. The van der Waals surface area contributed by atoms with Gasteiger partial charge in [0.2, 0.25) is 16.0 Å². The van der Waals surface area contributed by atoms with Crippen LogP contribution < -0.4 is 10.5 Å². The Balaban J connectivity index is 0.00000218. The van der Waals surface area contributed by atoms with Crippen molar-refractivity contribution in [2.75, 3.05) is 5.75 Å². The first kappa shape index (κ1) is 25.8. The maximum Gasteiger partial charge on any atom is 0.408 e. The Morgan fingerprint density at radius 1 is 1.43 bits per heavy atom. The van der Waals surface area contributed by atoms with E-state index in [0.29, 0.717) is 16.7 Å². The number of halogens is 2. The van der Waals surface area contributed by atoms with E-state index in [0.717, 1.165) is 0 Å². The zero-order chi connectivity index (χ0) is 23.2. The highest BCUT2D eigenvalue weighted by atomic mass is 32.2. The molecule has 0 bridgehead atoms. The lowest BCUT2D eigenvalue weighted by Gasteiger charge is -2.30. The van der Waals surface area contributed by atoms with E-state index in [2.05, 4.69) is 21.0 Å². The lowest BCUT2D eigenvalue weighted by atomic mass is 9.91. The Morgan fingerprint density at radius 2 is 2.07 bits per heavy atom. The van der Waals surface area contributed by atoms with Gasteiger partial charge in [-0.05, 0) is 51.9 Å². The average Bonchev–Trinajstić information content (AvgIpc) is 2.59.